The highest BCUT2D eigenvalue weighted by molar-refractivity contribution is 7.63. The second kappa shape index (κ2) is 8.91. The van der Waals surface area contributed by atoms with Gasteiger partial charge in [-0.1, -0.05) is 6.07 Å². The van der Waals surface area contributed by atoms with E-state index in [-0.39, 0.29) is 12.5 Å². The molecule has 0 fully saturated rings. The Bertz CT molecular complexity index is 565. The third-order valence-corrected chi connectivity index (χ3v) is 4.84. The lowest BCUT2D eigenvalue weighted by molar-refractivity contribution is -0.148. The fourth-order valence-electron chi connectivity index (χ4n) is 1.88. The van der Waals surface area contributed by atoms with Crippen LogP contribution in [0.4, 0.5) is 5.69 Å². The monoisotopic (exact) mass is 344 g/mol. The highest BCUT2D eigenvalue weighted by Crippen LogP contribution is 2.42. The number of esters is 1. The number of nitrogens with one attached hydrogen (secondary N) is 2. The molecule has 2 N–H and O–H groups in total. The minimum Gasteiger partial charge on any atom is -0.497 e. The van der Waals surface area contributed by atoms with E-state index in [0.717, 1.165) is 0 Å². The maximum absolute atomic E-state index is 13.0. The molecule has 1 rings (SSSR count). The molecule has 7 nitrogen and oxygen atoms in total. The first-order valence-electron chi connectivity index (χ1n) is 7.28. The molecule has 1 aromatic rings. The molecule has 8 heteroatoms. The van der Waals surface area contributed by atoms with Crippen molar-refractivity contribution >= 4 is 19.1 Å². The largest absolute Gasteiger partial charge is 0.497 e. The van der Waals surface area contributed by atoms with Crippen LogP contribution in [-0.2, 0) is 18.8 Å². The Balaban J connectivity index is 2.85. The third-order valence-electron chi connectivity index (χ3n) is 2.80. The van der Waals surface area contributed by atoms with Gasteiger partial charge in [0.25, 0.3) is 7.44 Å². The number of hydrogen-bond acceptors (Lipinski definition) is 5. The van der Waals surface area contributed by atoms with E-state index in [0.29, 0.717) is 11.4 Å². The van der Waals surface area contributed by atoms with Gasteiger partial charge < -0.3 is 19.3 Å². The summed E-state index contributed by atoms with van der Waals surface area (Å²) in [5.74, 6) is 0.162. The molecule has 0 aliphatic rings. The van der Waals surface area contributed by atoms with Gasteiger partial charge >= 0.3 is 5.97 Å². The Morgan fingerprint density at radius 1 is 1.26 bits per heavy atom. The first-order chi connectivity index (χ1) is 10.8. The van der Waals surface area contributed by atoms with E-state index in [9.17, 15) is 9.36 Å². The molecule has 0 radical (unpaired) electrons. The summed E-state index contributed by atoms with van der Waals surface area (Å²) in [5, 5.41) is 5.69. The van der Waals surface area contributed by atoms with Crippen molar-refractivity contribution in [1.82, 2.24) is 5.09 Å². The molecule has 0 saturated heterocycles. The molecule has 0 bridgehead atoms. The van der Waals surface area contributed by atoms with Gasteiger partial charge in [-0.2, -0.15) is 0 Å². The molecule has 0 saturated carbocycles. The van der Waals surface area contributed by atoms with Crippen LogP contribution in [-0.4, -0.2) is 38.7 Å². The Kier molecular flexibility index (Phi) is 7.55. The normalized spacial score (nSPS) is 14.9. The molecule has 23 heavy (non-hydrogen) atoms. The first-order valence-corrected chi connectivity index (χ1v) is 9.17. The fourth-order valence-corrected chi connectivity index (χ4v) is 3.74. The van der Waals surface area contributed by atoms with Crippen molar-refractivity contribution in [3.8, 4) is 5.75 Å². The van der Waals surface area contributed by atoms with Crippen LogP contribution in [0.2, 0.25) is 0 Å². The zero-order chi connectivity index (χ0) is 17.5. The van der Waals surface area contributed by atoms with Crippen molar-refractivity contribution in [2.75, 3.05) is 25.7 Å². The fraction of sp³-hybridized carbons (Fsp3) is 0.533. The van der Waals surface area contributed by atoms with Gasteiger partial charge in [0.15, 0.2) is 0 Å². The molecule has 0 aliphatic carbocycles. The van der Waals surface area contributed by atoms with Crippen LogP contribution in [0.15, 0.2) is 24.3 Å². The standard InChI is InChI=1S/C15H25N2O5P/c1-11(2)22-15(18)12(3)16-23(19,10-20-4)17-13-7-6-8-14(9-13)21-5/h6-9,11-12H,10H2,1-5H3,(H2,16,17,19)/t12-,23?/m0/s1. The lowest BCUT2D eigenvalue weighted by Gasteiger charge is -2.24. The average molecular weight is 344 g/mol. The van der Waals surface area contributed by atoms with Crippen LogP contribution >= 0.6 is 7.44 Å². The number of methoxy groups -OCH3 is 2. The van der Waals surface area contributed by atoms with Gasteiger partial charge in [0.05, 0.1) is 13.2 Å². The lowest BCUT2D eigenvalue weighted by Crippen LogP contribution is -2.36. The number of hydrogen-bond donors (Lipinski definition) is 2. The van der Waals surface area contributed by atoms with E-state index in [1.54, 1.807) is 52.1 Å². The number of rotatable bonds is 9. The van der Waals surface area contributed by atoms with Gasteiger partial charge in [0, 0.05) is 18.9 Å². The molecule has 0 heterocycles. The molecule has 0 amide bonds. The van der Waals surface area contributed by atoms with Crippen molar-refractivity contribution in [2.45, 2.75) is 32.9 Å². The maximum Gasteiger partial charge on any atom is 0.323 e. The van der Waals surface area contributed by atoms with Gasteiger partial charge in [-0.3, -0.25) is 9.36 Å². The van der Waals surface area contributed by atoms with Gasteiger partial charge in [-0.05, 0) is 32.9 Å². The summed E-state index contributed by atoms with van der Waals surface area (Å²) < 4.78 is 28.3. The maximum atomic E-state index is 13.0. The second-order valence-electron chi connectivity index (χ2n) is 5.34. The summed E-state index contributed by atoms with van der Waals surface area (Å²) in [6.07, 6.45) is -0.316. The first kappa shape index (κ1) is 19.5. The predicted octanol–water partition coefficient (Wildman–Crippen LogP) is 2.83. The number of anilines is 1. The van der Waals surface area contributed by atoms with Crippen LogP contribution in [0.1, 0.15) is 20.8 Å². The summed E-state index contributed by atoms with van der Waals surface area (Å²) in [5.41, 5.74) is 0.599. The molecule has 0 spiro atoms. The van der Waals surface area contributed by atoms with Crippen LogP contribution in [0.25, 0.3) is 0 Å². The van der Waals surface area contributed by atoms with Crippen molar-refractivity contribution in [1.29, 1.82) is 0 Å². The Morgan fingerprint density at radius 3 is 2.52 bits per heavy atom. The Labute approximate surface area is 137 Å². The predicted molar refractivity (Wildman–Crippen MR) is 89.9 cm³/mol. The Hall–Kier alpha value is -1.56. The smallest absolute Gasteiger partial charge is 0.323 e. The van der Waals surface area contributed by atoms with Gasteiger partial charge in [0.1, 0.15) is 18.1 Å². The molecule has 130 valence electrons. The van der Waals surface area contributed by atoms with E-state index >= 15 is 0 Å². The topological polar surface area (TPSA) is 85.9 Å². The number of carbonyl (C=O) groups is 1. The zero-order valence-corrected chi connectivity index (χ0v) is 15.1. The molecule has 1 aromatic carbocycles. The van der Waals surface area contributed by atoms with Gasteiger partial charge in [-0.25, -0.2) is 5.09 Å². The Morgan fingerprint density at radius 2 is 1.96 bits per heavy atom. The minimum absolute atomic E-state index is 0.0799. The molecule has 0 aliphatic heterocycles. The molecular weight excluding hydrogens is 319 g/mol. The lowest BCUT2D eigenvalue weighted by atomic mass is 10.3. The second-order valence-corrected chi connectivity index (χ2v) is 7.56. The summed E-state index contributed by atoms with van der Waals surface area (Å²) in [7, 11) is -0.209. The third kappa shape index (κ3) is 6.60. The van der Waals surface area contributed by atoms with Gasteiger partial charge in [-0.15, -0.1) is 0 Å². The average Bonchev–Trinajstić information content (AvgIpc) is 2.46. The molecule has 2 atom stereocenters. The molecule has 0 aromatic heterocycles. The molecule has 1 unspecified atom stereocenters. The summed E-state index contributed by atoms with van der Waals surface area (Å²) >= 11 is 0. The van der Waals surface area contributed by atoms with E-state index < -0.39 is 19.5 Å². The van der Waals surface area contributed by atoms with Crippen molar-refractivity contribution in [2.24, 2.45) is 0 Å². The van der Waals surface area contributed by atoms with Crippen LogP contribution in [0.3, 0.4) is 0 Å². The minimum atomic E-state index is -3.20. The van der Waals surface area contributed by atoms with E-state index in [4.69, 9.17) is 14.2 Å². The van der Waals surface area contributed by atoms with Gasteiger partial charge in [0.2, 0.25) is 0 Å². The van der Waals surface area contributed by atoms with E-state index in [1.807, 2.05) is 0 Å². The summed E-state index contributed by atoms with van der Waals surface area (Å²) in [4.78, 5) is 11.9. The zero-order valence-electron chi connectivity index (χ0n) is 14.2. The SMILES string of the molecule is COCP(=O)(Nc1cccc(OC)c1)N[C@@H](C)C(=O)OC(C)C. The van der Waals surface area contributed by atoms with E-state index in [2.05, 4.69) is 10.2 Å². The van der Waals surface area contributed by atoms with Crippen molar-refractivity contribution in [3.05, 3.63) is 24.3 Å². The highest BCUT2D eigenvalue weighted by atomic mass is 31.2. The van der Waals surface area contributed by atoms with Crippen molar-refractivity contribution in [3.63, 3.8) is 0 Å². The molecular formula is C15H25N2O5P. The summed E-state index contributed by atoms with van der Waals surface area (Å²) in [6.45, 7) is 5.11. The van der Waals surface area contributed by atoms with Crippen LogP contribution in [0, 0.1) is 0 Å². The highest BCUT2D eigenvalue weighted by Gasteiger charge is 2.28. The number of carbonyl (C=O) groups excluding carboxylic acids is 1. The van der Waals surface area contributed by atoms with Crippen LogP contribution in [0.5, 0.6) is 5.75 Å². The number of benzene rings is 1. The summed E-state index contributed by atoms with van der Waals surface area (Å²) in [6, 6.07) is 6.28. The number of ether oxygens (including phenoxy) is 3. The quantitative estimate of drug-likeness (QED) is 0.526. The van der Waals surface area contributed by atoms with Crippen molar-refractivity contribution < 1.29 is 23.6 Å². The van der Waals surface area contributed by atoms with Crippen LogP contribution < -0.4 is 14.9 Å². The van der Waals surface area contributed by atoms with E-state index in [1.165, 1.54) is 7.11 Å².